The number of benzene rings is 1. The molecular formula is C13H16N2O3. The van der Waals surface area contributed by atoms with Crippen LogP contribution >= 0.6 is 0 Å². The quantitative estimate of drug-likeness (QED) is 0.900. The first kappa shape index (κ1) is 12.3. The maximum atomic E-state index is 5.77. The van der Waals surface area contributed by atoms with Crippen molar-refractivity contribution in [2.75, 3.05) is 20.0 Å². The van der Waals surface area contributed by atoms with Gasteiger partial charge in [0.25, 0.3) is 0 Å². The van der Waals surface area contributed by atoms with Gasteiger partial charge in [0.15, 0.2) is 23.1 Å². The number of anilines is 1. The van der Waals surface area contributed by atoms with Crippen LogP contribution in [0, 0.1) is 0 Å². The van der Waals surface area contributed by atoms with E-state index in [1.165, 1.54) is 0 Å². The van der Waals surface area contributed by atoms with Crippen molar-refractivity contribution < 1.29 is 14.0 Å². The lowest BCUT2D eigenvalue weighted by molar-refractivity contribution is 0.354. The molecule has 18 heavy (non-hydrogen) atoms. The highest BCUT2D eigenvalue weighted by Crippen LogP contribution is 2.40. The molecule has 0 radical (unpaired) electrons. The zero-order chi connectivity index (χ0) is 13.1. The van der Waals surface area contributed by atoms with Crippen molar-refractivity contribution in [3.63, 3.8) is 0 Å². The van der Waals surface area contributed by atoms with Crippen molar-refractivity contribution >= 4 is 5.82 Å². The first-order valence-electron chi connectivity index (χ1n) is 5.68. The minimum Gasteiger partial charge on any atom is -0.493 e. The van der Waals surface area contributed by atoms with E-state index in [0.717, 1.165) is 17.5 Å². The minimum absolute atomic E-state index is 0.414. The van der Waals surface area contributed by atoms with E-state index in [-0.39, 0.29) is 0 Å². The number of rotatable bonds is 4. The zero-order valence-electron chi connectivity index (χ0n) is 10.7. The molecule has 5 heteroatoms. The average molecular weight is 248 g/mol. The van der Waals surface area contributed by atoms with Crippen LogP contribution in [0.2, 0.25) is 0 Å². The van der Waals surface area contributed by atoms with Crippen LogP contribution in [0.1, 0.15) is 12.5 Å². The molecule has 0 unspecified atom stereocenters. The molecule has 1 aromatic carbocycles. The number of nitrogen functional groups attached to an aromatic ring is 1. The molecule has 0 amide bonds. The molecule has 2 rings (SSSR count). The molecule has 5 nitrogen and oxygen atoms in total. The largest absolute Gasteiger partial charge is 0.493 e. The van der Waals surface area contributed by atoms with Crippen molar-refractivity contribution in [3.8, 4) is 22.8 Å². The second kappa shape index (κ2) is 5.00. The summed E-state index contributed by atoms with van der Waals surface area (Å²) >= 11 is 0. The van der Waals surface area contributed by atoms with Crippen molar-refractivity contribution in [2.45, 2.75) is 13.3 Å². The van der Waals surface area contributed by atoms with E-state index in [0.29, 0.717) is 23.1 Å². The number of para-hydroxylation sites is 1. The number of hydrogen-bond acceptors (Lipinski definition) is 5. The number of aromatic nitrogens is 1. The molecule has 0 saturated carbocycles. The van der Waals surface area contributed by atoms with Gasteiger partial charge in [-0.15, -0.1) is 0 Å². The summed E-state index contributed by atoms with van der Waals surface area (Å²) in [7, 11) is 3.18. The van der Waals surface area contributed by atoms with Gasteiger partial charge in [0.1, 0.15) is 0 Å². The number of nitrogens with zero attached hydrogens (tertiary/aromatic N) is 1. The molecule has 96 valence electrons. The van der Waals surface area contributed by atoms with E-state index >= 15 is 0 Å². The van der Waals surface area contributed by atoms with Gasteiger partial charge in [0.2, 0.25) is 0 Å². The maximum Gasteiger partial charge on any atom is 0.176 e. The van der Waals surface area contributed by atoms with Crippen LogP contribution in [-0.2, 0) is 6.42 Å². The van der Waals surface area contributed by atoms with Crippen LogP contribution in [0.4, 0.5) is 5.82 Å². The van der Waals surface area contributed by atoms with Crippen LogP contribution in [0.15, 0.2) is 22.7 Å². The van der Waals surface area contributed by atoms with Gasteiger partial charge in [0.05, 0.1) is 19.8 Å². The number of nitrogens with two attached hydrogens (primary N) is 1. The Morgan fingerprint density at radius 2 is 2.06 bits per heavy atom. The Bertz CT molecular complexity index is 549. The number of methoxy groups -OCH3 is 2. The summed E-state index contributed by atoms with van der Waals surface area (Å²) in [5, 5.41) is 3.80. The van der Waals surface area contributed by atoms with Crippen LogP contribution in [0.3, 0.4) is 0 Å². The van der Waals surface area contributed by atoms with Crippen LogP contribution < -0.4 is 15.2 Å². The molecule has 0 bridgehead atoms. The van der Waals surface area contributed by atoms with Crippen LogP contribution in [-0.4, -0.2) is 19.4 Å². The zero-order valence-corrected chi connectivity index (χ0v) is 10.7. The van der Waals surface area contributed by atoms with Gasteiger partial charge < -0.3 is 19.7 Å². The third-order valence-electron chi connectivity index (χ3n) is 2.82. The monoisotopic (exact) mass is 248 g/mol. The minimum atomic E-state index is 0.414. The fourth-order valence-corrected chi connectivity index (χ4v) is 1.94. The van der Waals surface area contributed by atoms with E-state index in [9.17, 15) is 0 Å². The van der Waals surface area contributed by atoms with Gasteiger partial charge in [-0.2, -0.15) is 0 Å². The van der Waals surface area contributed by atoms with E-state index in [2.05, 4.69) is 5.16 Å². The van der Waals surface area contributed by atoms with E-state index in [1.807, 2.05) is 25.1 Å². The lowest BCUT2D eigenvalue weighted by Gasteiger charge is -2.11. The Morgan fingerprint density at radius 1 is 1.28 bits per heavy atom. The third kappa shape index (κ3) is 1.88. The van der Waals surface area contributed by atoms with Gasteiger partial charge in [-0.1, -0.05) is 18.1 Å². The van der Waals surface area contributed by atoms with Crippen LogP contribution in [0.25, 0.3) is 11.3 Å². The molecule has 0 aliphatic carbocycles. The molecule has 0 spiro atoms. The Hall–Kier alpha value is -2.17. The Kier molecular flexibility index (Phi) is 3.41. The predicted molar refractivity (Wildman–Crippen MR) is 68.8 cm³/mol. The Balaban J connectivity index is 2.63. The highest BCUT2D eigenvalue weighted by Gasteiger charge is 2.20. The smallest absolute Gasteiger partial charge is 0.176 e. The highest BCUT2D eigenvalue weighted by atomic mass is 16.5. The summed E-state index contributed by atoms with van der Waals surface area (Å²) < 4.78 is 15.9. The SMILES string of the molecule is CCc1c(N)noc1-c1cccc(OC)c1OC. The predicted octanol–water partition coefficient (Wildman–Crippen LogP) is 2.50. The summed E-state index contributed by atoms with van der Waals surface area (Å²) in [6.07, 6.45) is 0.741. The molecule has 0 fully saturated rings. The molecular weight excluding hydrogens is 232 g/mol. The van der Waals surface area contributed by atoms with Gasteiger partial charge in [0, 0.05) is 5.56 Å². The summed E-state index contributed by atoms with van der Waals surface area (Å²) in [6.45, 7) is 2.00. The summed E-state index contributed by atoms with van der Waals surface area (Å²) in [4.78, 5) is 0. The van der Waals surface area contributed by atoms with Gasteiger partial charge in [-0.25, -0.2) is 0 Å². The summed E-state index contributed by atoms with van der Waals surface area (Å²) in [5.74, 6) is 2.31. The number of hydrogen-bond donors (Lipinski definition) is 1. The molecule has 0 aliphatic heterocycles. The van der Waals surface area contributed by atoms with Crippen LogP contribution in [0.5, 0.6) is 11.5 Å². The first-order chi connectivity index (χ1) is 8.72. The molecule has 1 aromatic heterocycles. The standard InChI is InChI=1S/C13H16N2O3/c1-4-8-11(18-15-13(8)14)9-6-5-7-10(16-2)12(9)17-3/h5-7H,4H2,1-3H3,(H2,14,15). The highest BCUT2D eigenvalue weighted by molar-refractivity contribution is 5.74. The molecule has 1 heterocycles. The van der Waals surface area contributed by atoms with E-state index in [4.69, 9.17) is 19.7 Å². The number of ether oxygens (including phenoxy) is 2. The third-order valence-corrected chi connectivity index (χ3v) is 2.82. The molecule has 2 N–H and O–H groups in total. The lowest BCUT2D eigenvalue weighted by Crippen LogP contribution is -1.95. The van der Waals surface area contributed by atoms with Crippen molar-refractivity contribution in [2.24, 2.45) is 0 Å². The normalized spacial score (nSPS) is 10.4. The van der Waals surface area contributed by atoms with Gasteiger partial charge in [-0.05, 0) is 18.6 Å². The van der Waals surface area contributed by atoms with E-state index < -0.39 is 0 Å². The fourth-order valence-electron chi connectivity index (χ4n) is 1.94. The van der Waals surface area contributed by atoms with Crippen molar-refractivity contribution in [3.05, 3.63) is 23.8 Å². The van der Waals surface area contributed by atoms with E-state index in [1.54, 1.807) is 14.2 Å². The molecule has 0 atom stereocenters. The summed E-state index contributed by atoms with van der Waals surface area (Å²) in [5.41, 5.74) is 7.44. The maximum absolute atomic E-state index is 5.77. The lowest BCUT2D eigenvalue weighted by atomic mass is 10.1. The summed E-state index contributed by atoms with van der Waals surface area (Å²) in [6, 6.07) is 5.59. The topological polar surface area (TPSA) is 70.5 Å². The second-order valence-electron chi connectivity index (χ2n) is 3.77. The molecule has 2 aromatic rings. The molecule has 0 aliphatic rings. The van der Waals surface area contributed by atoms with Gasteiger partial charge >= 0.3 is 0 Å². The van der Waals surface area contributed by atoms with Gasteiger partial charge in [-0.3, -0.25) is 0 Å². The fraction of sp³-hybridized carbons (Fsp3) is 0.308. The Morgan fingerprint density at radius 3 is 2.67 bits per heavy atom. The average Bonchev–Trinajstić information content (AvgIpc) is 2.78. The van der Waals surface area contributed by atoms with Crippen molar-refractivity contribution in [1.82, 2.24) is 5.16 Å². The van der Waals surface area contributed by atoms with Crippen molar-refractivity contribution in [1.29, 1.82) is 0 Å². The Labute approximate surface area is 105 Å². The first-order valence-corrected chi connectivity index (χ1v) is 5.68. The second-order valence-corrected chi connectivity index (χ2v) is 3.77. The molecule has 0 saturated heterocycles.